The van der Waals surface area contributed by atoms with E-state index in [9.17, 15) is 4.79 Å². The number of ether oxygens (including phenoxy) is 1. The highest BCUT2D eigenvalue weighted by atomic mass is 16.5. The fourth-order valence-electron chi connectivity index (χ4n) is 2.12. The van der Waals surface area contributed by atoms with Gasteiger partial charge >= 0.3 is 0 Å². The molecular weight excluding hydrogens is 254 g/mol. The number of aliphatic hydroxyl groups is 1. The van der Waals surface area contributed by atoms with Crippen molar-refractivity contribution in [2.45, 2.75) is 40.2 Å². The van der Waals surface area contributed by atoms with E-state index in [0.29, 0.717) is 6.42 Å². The molecule has 0 spiro atoms. The largest absolute Gasteiger partial charge is 0.483 e. The summed E-state index contributed by atoms with van der Waals surface area (Å²) in [4.78, 5) is 11.9. The zero-order valence-electron chi connectivity index (χ0n) is 12.8. The molecule has 0 aliphatic heterocycles. The fourth-order valence-corrected chi connectivity index (χ4v) is 2.12. The molecule has 1 aromatic rings. The molecule has 0 bridgehead atoms. The Labute approximate surface area is 121 Å². The number of amides is 1. The molecule has 0 aliphatic carbocycles. The predicted octanol–water partition coefficient (Wildman–Crippen LogP) is 2.21. The van der Waals surface area contributed by atoms with Crippen molar-refractivity contribution in [2.75, 3.05) is 13.2 Å². The van der Waals surface area contributed by atoms with Crippen molar-refractivity contribution < 1.29 is 14.6 Å². The zero-order valence-corrected chi connectivity index (χ0v) is 12.8. The zero-order chi connectivity index (χ0) is 15.1. The van der Waals surface area contributed by atoms with E-state index in [4.69, 9.17) is 9.84 Å². The molecule has 0 aromatic heterocycles. The minimum absolute atomic E-state index is 0.000339. The maximum atomic E-state index is 11.9. The van der Waals surface area contributed by atoms with Crippen LogP contribution in [0.3, 0.4) is 0 Å². The Morgan fingerprint density at radius 2 is 1.90 bits per heavy atom. The van der Waals surface area contributed by atoms with Crippen molar-refractivity contribution in [1.82, 2.24) is 5.32 Å². The summed E-state index contributed by atoms with van der Waals surface area (Å²) in [5.41, 5.74) is 2.04. The number of aliphatic hydroxyl groups excluding tert-OH is 1. The number of rotatable bonds is 7. The van der Waals surface area contributed by atoms with E-state index in [1.54, 1.807) is 0 Å². The van der Waals surface area contributed by atoms with Gasteiger partial charge in [-0.25, -0.2) is 0 Å². The molecule has 2 N–H and O–H groups in total. The van der Waals surface area contributed by atoms with Crippen LogP contribution in [-0.4, -0.2) is 30.3 Å². The van der Waals surface area contributed by atoms with Gasteiger partial charge in [-0.15, -0.1) is 0 Å². The maximum absolute atomic E-state index is 11.9. The molecule has 0 saturated carbocycles. The molecule has 4 nitrogen and oxygen atoms in total. The van der Waals surface area contributed by atoms with Gasteiger partial charge in [0.1, 0.15) is 5.75 Å². The average molecular weight is 279 g/mol. The molecule has 1 amide bonds. The van der Waals surface area contributed by atoms with Crippen LogP contribution in [0.5, 0.6) is 5.75 Å². The first-order chi connectivity index (χ1) is 9.45. The molecule has 20 heavy (non-hydrogen) atoms. The van der Waals surface area contributed by atoms with E-state index >= 15 is 0 Å². The lowest BCUT2D eigenvalue weighted by Crippen LogP contribution is -2.41. The van der Waals surface area contributed by atoms with E-state index in [2.05, 4.69) is 5.32 Å². The number of para-hydroxylation sites is 1. The third kappa shape index (κ3) is 4.85. The minimum atomic E-state index is -0.153. The fraction of sp³-hybridized carbons (Fsp3) is 0.562. The molecule has 1 atom stereocenters. The van der Waals surface area contributed by atoms with Gasteiger partial charge in [0.05, 0.1) is 0 Å². The lowest BCUT2D eigenvalue weighted by atomic mass is 10.0. The van der Waals surface area contributed by atoms with Crippen molar-refractivity contribution in [3.63, 3.8) is 0 Å². The molecule has 1 rings (SSSR count). The normalized spacial score (nSPS) is 12.3. The Bertz CT molecular complexity index is 423. The second-order valence-electron chi connectivity index (χ2n) is 5.44. The van der Waals surface area contributed by atoms with E-state index in [1.165, 1.54) is 0 Å². The van der Waals surface area contributed by atoms with Crippen molar-refractivity contribution in [3.05, 3.63) is 29.3 Å². The predicted molar refractivity (Wildman–Crippen MR) is 79.9 cm³/mol. The maximum Gasteiger partial charge on any atom is 0.258 e. The van der Waals surface area contributed by atoms with Gasteiger partial charge in [0, 0.05) is 12.6 Å². The number of hydrogen-bond acceptors (Lipinski definition) is 3. The molecule has 4 heteroatoms. The number of benzene rings is 1. The highest BCUT2D eigenvalue weighted by molar-refractivity contribution is 5.78. The van der Waals surface area contributed by atoms with Crippen LogP contribution in [0.4, 0.5) is 0 Å². The van der Waals surface area contributed by atoms with Gasteiger partial charge in [0.2, 0.25) is 0 Å². The second-order valence-corrected chi connectivity index (χ2v) is 5.44. The SMILES string of the molecule is Cc1cccc(C)c1OCC(=O)NC(CCO)C(C)C. The molecule has 0 heterocycles. The van der Waals surface area contributed by atoms with Crippen LogP contribution >= 0.6 is 0 Å². The molecule has 0 radical (unpaired) electrons. The first-order valence-electron chi connectivity index (χ1n) is 7.05. The summed E-state index contributed by atoms with van der Waals surface area (Å²) in [6.45, 7) is 8.03. The Morgan fingerprint density at radius 3 is 2.40 bits per heavy atom. The van der Waals surface area contributed by atoms with Gasteiger partial charge in [0.15, 0.2) is 6.61 Å². The molecular formula is C16H25NO3. The third-order valence-electron chi connectivity index (χ3n) is 3.35. The highest BCUT2D eigenvalue weighted by Crippen LogP contribution is 2.22. The minimum Gasteiger partial charge on any atom is -0.483 e. The molecule has 112 valence electrons. The molecule has 0 fully saturated rings. The lowest BCUT2D eigenvalue weighted by Gasteiger charge is -2.21. The van der Waals surface area contributed by atoms with Crippen LogP contribution in [-0.2, 0) is 4.79 Å². The van der Waals surface area contributed by atoms with E-state index < -0.39 is 0 Å². The van der Waals surface area contributed by atoms with E-state index in [-0.39, 0.29) is 31.1 Å². The van der Waals surface area contributed by atoms with Gasteiger partial charge in [-0.3, -0.25) is 4.79 Å². The molecule has 1 aromatic carbocycles. The summed E-state index contributed by atoms with van der Waals surface area (Å²) in [6.07, 6.45) is 0.562. The van der Waals surface area contributed by atoms with Crippen LogP contribution in [0.25, 0.3) is 0 Å². The van der Waals surface area contributed by atoms with Gasteiger partial charge in [-0.1, -0.05) is 32.0 Å². The number of nitrogens with one attached hydrogen (secondary N) is 1. The Morgan fingerprint density at radius 1 is 1.30 bits per heavy atom. The summed E-state index contributed by atoms with van der Waals surface area (Å²) in [6, 6.07) is 5.87. The first kappa shape index (κ1) is 16.5. The summed E-state index contributed by atoms with van der Waals surface area (Å²) in [5.74, 6) is 0.900. The van der Waals surface area contributed by atoms with Gasteiger partial charge in [0.25, 0.3) is 5.91 Å². The van der Waals surface area contributed by atoms with Crippen LogP contribution in [0.15, 0.2) is 18.2 Å². The van der Waals surface area contributed by atoms with E-state index in [1.807, 2.05) is 45.9 Å². The first-order valence-corrected chi connectivity index (χ1v) is 7.05. The smallest absolute Gasteiger partial charge is 0.258 e. The van der Waals surface area contributed by atoms with Crippen LogP contribution in [0.2, 0.25) is 0 Å². The Kier molecular flexibility index (Phi) is 6.52. The van der Waals surface area contributed by atoms with Gasteiger partial charge < -0.3 is 15.2 Å². The Balaban J connectivity index is 2.55. The van der Waals surface area contributed by atoms with E-state index in [0.717, 1.165) is 16.9 Å². The number of carbonyl (C=O) groups excluding carboxylic acids is 1. The van der Waals surface area contributed by atoms with Crippen LogP contribution in [0, 0.1) is 19.8 Å². The average Bonchev–Trinajstić information content (AvgIpc) is 2.37. The van der Waals surface area contributed by atoms with Crippen molar-refractivity contribution in [1.29, 1.82) is 0 Å². The summed E-state index contributed by atoms with van der Waals surface area (Å²) >= 11 is 0. The number of hydrogen-bond donors (Lipinski definition) is 2. The molecule has 1 unspecified atom stereocenters. The van der Waals surface area contributed by atoms with Gasteiger partial charge in [-0.05, 0) is 37.3 Å². The highest BCUT2D eigenvalue weighted by Gasteiger charge is 2.16. The van der Waals surface area contributed by atoms with Crippen molar-refractivity contribution >= 4 is 5.91 Å². The summed E-state index contributed by atoms with van der Waals surface area (Å²) in [7, 11) is 0. The summed E-state index contributed by atoms with van der Waals surface area (Å²) in [5, 5.41) is 11.9. The lowest BCUT2D eigenvalue weighted by molar-refractivity contribution is -0.124. The van der Waals surface area contributed by atoms with Crippen LogP contribution < -0.4 is 10.1 Å². The monoisotopic (exact) mass is 279 g/mol. The Hall–Kier alpha value is -1.55. The molecule has 0 saturated heterocycles. The van der Waals surface area contributed by atoms with Crippen molar-refractivity contribution in [2.24, 2.45) is 5.92 Å². The topological polar surface area (TPSA) is 58.6 Å². The molecule has 0 aliphatic rings. The van der Waals surface area contributed by atoms with Crippen molar-refractivity contribution in [3.8, 4) is 5.75 Å². The second kappa shape index (κ2) is 7.90. The summed E-state index contributed by atoms with van der Waals surface area (Å²) < 4.78 is 5.61. The standard InChI is InChI=1S/C16H25NO3/c1-11(2)14(8-9-18)17-15(19)10-20-16-12(3)6-5-7-13(16)4/h5-7,11,14,18H,8-10H2,1-4H3,(H,17,19). The number of carbonyl (C=O) groups is 1. The third-order valence-corrected chi connectivity index (χ3v) is 3.35. The quantitative estimate of drug-likeness (QED) is 0.804. The van der Waals surface area contributed by atoms with Gasteiger partial charge in [-0.2, -0.15) is 0 Å². The number of aryl methyl sites for hydroxylation is 2. The van der Waals surface area contributed by atoms with Crippen LogP contribution in [0.1, 0.15) is 31.4 Å².